The van der Waals surface area contributed by atoms with E-state index in [1.807, 2.05) is 0 Å². The monoisotopic (exact) mass is 238 g/mol. The molecule has 4 atom stereocenters. The van der Waals surface area contributed by atoms with Gasteiger partial charge in [0.1, 0.15) is 6.10 Å². The Bertz CT molecular complexity index is 311. The van der Waals surface area contributed by atoms with Crippen molar-refractivity contribution >= 4 is 5.97 Å². The van der Waals surface area contributed by atoms with Crippen LogP contribution >= 0.6 is 0 Å². The molecule has 2 rings (SSSR count). The van der Waals surface area contributed by atoms with Crippen LogP contribution in [0, 0.1) is 11.8 Å². The van der Waals surface area contributed by atoms with Gasteiger partial charge in [0, 0.05) is 11.5 Å². The normalized spacial score (nSPS) is 37.1. The Hall–Kier alpha value is -0.830. The minimum atomic E-state index is -0.282. The van der Waals surface area contributed by atoms with Crippen LogP contribution < -0.4 is 0 Å². The van der Waals surface area contributed by atoms with Crippen LogP contribution in [0.1, 0.15) is 45.4 Å². The number of aliphatic hydroxyl groups excluding tert-OH is 1. The van der Waals surface area contributed by atoms with Crippen LogP contribution in [-0.4, -0.2) is 23.3 Å². The summed E-state index contributed by atoms with van der Waals surface area (Å²) in [5, 5.41) is 10.0. The third-order valence-corrected chi connectivity index (χ3v) is 4.19. The zero-order valence-corrected chi connectivity index (χ0v) is 10.5. The SMILES string of the molecule is C=C(C)C(=O)O[C@@H]1CCCC2C1CCC[C@H]2O. The van der Waals surface area contributed by atoms with Crippen molar-refractivity contribution in [3.63, 3.8) is 0 Å². The van der Waals surface area contributed by atoms with Crippen molar-refractivity contribution in [2.45, 2.75) is 57.7 Å². The fourth-order valence-electron chi connectivity index (χ4n) is 3.30. The number of carbonyl (C=O) groups is 1. The van der Waals surface area contributed by atoms with E-state index in [0.29, 0.717) is 17.4 Å². The lowest BCUT2D eigenvalue weighted by atomic mass is 9.68. The first-order chi connectivity index (χ1) is 8.09. The lowest BCUT2D eigenvalue weighted by molar-refractivity contribution is -0.154. The highest BCUT2D eigenvalue weighted by molar-refractivity contribution is 5.87. The third-order valence-electron chi connectivity index (χ3n) is 4.19. The zero-order chi connectivity index (χ0) is 12.4. The maximum Gasteiger partial charge on any atom is 0.333 e. The van der Waals surface area contributed by atoms with E-state index in [-0.39, 0.29) is 18.2 Å². The van der Waals surface area contributed by atoms with Crippen LogP contribution in [0.2, 0.25) is 0 Å². The van der Waals surface area contributed by atoms with Crippen molar-refractivity contribution in [3.05, 3.63) is 12.2 Å². The van der Waals surface area contributed by atoms with Crippen molar-refractivity contribution in [3.8, 4) is 0 Å². The highest BCUT2D eigenvalue weighted by Gasteiger charge is 2.41. The first-order valence-corrected chi connectivity index (χ1v) is 6.64. The smallest absolute Gasteiger partial charge is 0.333 e. The number of hydrogen-bond acceptors (Lipinski definition) is 3. The minimum Gasteiger partial charge on any atom is -0.459 e. The van der Waals surface area contributed by atoms with Crippen molar-refractivity contribution < 1.29 is 14.6 Å². The second kappa shape index (κ2) is 5.21. The number of rotatable bonds is 2. The number of aliphatic hydroxyl groups is 1. The Labute approximate surface area is 103 Å². The van der Waals surface area contributed by atoms with Crippen LogP contribution in [0.25, 0.3) is 0 Å². The van der Waals surface area contributed by atoms with Crippen molar-refractivity contribution in [2.24, 2.45) is 11.8 Å². The van der Waals surface area contributed by atoms with Crippen LogP contribution in [0.15, 0.2) is 12.2 Å². The summed E-state index contributed by atoms with van der Waals surface area (Å²) in [7, 11) is 0. The Morgan fingerprint density at radius 2 is 1.82 bits per heavy atom. The summed E-state index contributed by atoms with van der Waals surface area (Å²) < 4.78 is 5.52. The van der Waals surface area contributed by atoms with Gasteiger partial charge in [0.15, 0.2) is 0 Å². The number of hydrogen-bond donors (Lipinski definition) is 1. The van der Waals surface area contributed by atoms with E-state index < -0.39 is 0 Å². The quantitative estimate of drug-likeness (QED) is 0.593. The predicted molar refractivity (Wildman–Crippen MR) is 65.4 cm³/mol. The average molecular weight is 238 g/mol. The Morgan fingerprint density at radius 3 is 2.53 bits per heavy atom. The predicted octanol–water partition coefficient (Wildman–Crippen LogP) is 2.44. The molecule has 2 unspecified atom stereocenters. The molecule has 2 aliphatic carbocycles. The van der Waals surface area contributed by atoms with Gasteiger partial charge in [-0.1, -0.05) is 13.0 Å². The molecule has 17 heavy (non-hydrogen) atoms. The molecular formula is C14H22O3. The van der Waals surface area contributed by atoms with Crippen molar-refractivity contribution in [2.75, 3.05) is 0 Å². The first kappa shape index (κ1) is 12.6. The average Bonchev–Trinajstić information content (AvgIpc) is 2.30. The lowest BCUT2D eigenvalue weighted by Gasteiger charge is -2.43. The molecule has 3 nitrogen and oxygen atoms in total. The van der Waals surface area contributed by atoms with E-state index in [4.69, 9.17) is 4.74 Å². The molecule has 0 aromatic heterocycles. The molecule has 0 radical (unpaired) electrons. The highest BCUT2D eigenvalue weighted by atomic mass is 16.5. The van der Waals surface area contributed by atoms with Gasteiger partial charge in [-0.3, -0.25) is 0 Å². The van der Waals surface area contributed by atoms with E-state index >= 15 is 0 Å². The van der Waals surface area contributed by atoms with E-state index in [1.54, 1.807) is 6.92 Å². The van der Waals surface area contributed by atoms with E-state index in [1.165, 1.54) is 0 Å². The number of fused-ring (bicyclic) bond motifs is 1. The van der Waals surface area contributed by atoms with Gasteiger partial charge >= 0.3 is 5.97 Å². The molecule has 2 fully saturated rings. The summed E-state index contributed by atoms with van der Waals surface area (Å²) in [5.41, 5.74) is 0.462. The van der Waals surface area contributed by atoms with Gasteiger partial charge < -0.3 is 9.84 Å². The molecule has 0 amide bonds. The van der Waals surface area contributed by atoms with Gasteiger partial charge in [-0.15, -0.1) is 0 Å². The summed E-state index contributed by atoms with van der Waals surface area (Å²) in [6.07, 6.45) is 5.89. The molecule has 96 valence electrons. The summed E-state index contributed by atoms with van der Waals surface area (Å²) in [5.74, 6) is 0.409. The molecule has 0 aliphatic heterocycles. The van der Waals surface area contributed by atoms with Gasteiger partial charge in [0.2, 0.25) is 0 Å². The second-order valence-corrected chi connectivity index (χ2v) is 5.48. The second-order valence-electron chi connectivity index (χ2n) is 5.48. The van der Waals surface area contributed by atoms with Crippen LogP contribution in [0.5, 0.6) is 0 Å². The summed E-state index contributed by atoms with van der Waals surface area (Å²) in [6, 6.07) is 0. The summed E-state index contributed by atoms with van der Waals surface area (Å²) >= 11 is 0. The van der Waals surface area contributed by atoms with Gasteiger partial charge in [0.05, 0.1) is 6.10 Å². The van der Waals surface area contributed by atoms with Crippen molar-refractivity contribution in [1.29, 1.82) is 0 Å². The molecule has 0 saturated heterocycles. The van der Waals surface area contributed by atoms with Gasteiger partial charge in [-0.2, -0.15) is 0 Å². The van der Waals surface area contributed by atoms with Crippen LogP contribution in [0.4, 0.5) is 0 Å². The Morgan fingerprint density at radius 1 is 1.18 bits per heavy atom. The molecule has 0 heterocycles. The van der Waals surface area contributed by atoms with Crippen LogP contribution in [-0.2, 0) is 9.53 Å². The minimum absolute atomic E-state index is 0.00657. The first-order valence-electron chi connectivity index (χ1n) is 6.64. The van der Waals surface area contributed by atoms with Gasteiger partial charge in [-0.25, -0.2) is 4.79 Å². The fraction of sp³-hybridized carbons (Fsp3) is 0.786. The molecule has 0 spiro atoms. The summed E-state index contributed by atoms with van der Waals surface area (Å²) in [4.78, 5) is 11.6. The zero-order valence-electron chi connectivity index (χ0n) is 10.5. The van der Waals surface area contributed by atoms with E-state index in [2.05, 4.69) is 6.58 Å². The highest BCUT2D eigenvalue weighted by Crippen LogP contribution is 2.42. The number of ether oxygens (including phenoxy) is 1. The molecule has 2 aliphatic rings. The van der Waals surface area contributed by atoms with Crippen molar-refractivity contribution in [1.82, 2.24) is 0 Å². The molecule has 0 aromatic rings. The number of esters is 1. The largest absolute Gasteiger partial charge is 0.459 e. The third kappa shape index (κ3) is 2.71. The molecular weight excluding hydrogens is 216 g/mol. The topological polar surface area (TPSA) is 46.5 Å². The molecule has 0 bridgehead atoms. The Kier molecular flexibility index (Phi) is 3.87. The standard InChI is InChI=1S/C14H22O3/c1-9(2)14(16)17-13-8-4-5-10-11(13)6-3-7-12(10)15/h10-13,15H,1,3-8H2,2H3/t10?,11?,12-,13-/m1/s1. The molecule has 2 saturated carbocycles. The number of carbonyl (C=O) groups excluding carboxylic acids is 1. The molecule has 1 N–H and O–H groups in total. The fourth-order valence-corrected chi connectivity index (χ4v) is 3.30. The van der Waals surface area contributed by atoms with E-state index in [0.717, 1.165) is 38.5 Å². The summed E-state index contributed by atoms with van der Waals surface area (Å²) in [6.45, 7) is 5.29. The lowest BCUT2D eigenvalue weighted by Crippen LogP contribution is -2.43. The van der Waals surface area contributed by atoms with E-state index in [9.17, 15) is 9.90 Å². The maximum atomic E-state index is 11.6. The molecule has 0 aromatic carbocycles. The molecule has 3 heteroatoms. The Balaban J connectivity index is 2.02. The van der Waals surface area contributed by atoms with Gasteiger partial charge in [0.25, 0.3) is 0 Å². The van der Waals surface area contributed by atoms with Crippen LogP contribution in [0.3, 0.4) is 0 Å². The maximum absolute atomic E-state index is 11.6. The van der Waals surface area contributed by atoms with Gasteiger partial charge in [-0.05, 0) is 44.9 Å².